The second-order valence-corrected chi connectivity index (χ2v) is 2.51. The van der Waals surface area contributed by atoms with E-state index in [1.807, 2.05) is 0 Å². The molecule has 0 heterocycles. The van der Waals surface area contributed by atoms with Crippen molar-refractivity contribution in [2.45, 2.75) is 24.4 Å². The van der Waals surface area contributed by atoms with Crippen LogP contribution in [0.15, 0.2) is 0 Å². The molecule has 0 aliphatic carbocycles. The molecule has 0 saturated heterocycles. The van der Waals surface area contributed by atoms with Gasteiger partial charge >= 0.3 is 5.97 Å². The molecule has 0 aromatic rings. The Labute approximate surface area is 95.6 Å². The number of aliphatic carboxylic acids is 1. The monoisotopic (exact) mass is 270 g/mol. The summed E-state index contributed by atoms with van der Waals surface area (Å²) in [6.07, 6.45) is -7.84. The number of hydrogen-bond acceptors (Lipinski definition) is 6. The zero-order valence-corrected chi connectivity index (χ0v) is 8.57. The fourth-order valence-electron chi connectivity index (χ4n) is 0.668. The van der Waals surface area contributed by atoms with Crippen LogP contribution in [0.4, 0.5) is 0 Å². The molecule has 0 radical (unpaired) electrons. The van der Waals surface area contributed by atoms with Crippen molar-refractivity contribution in [1.29, 1.82) is 0 Å². The van der Waals surface area contributed by atoms with E-state index in [2.05, 4.69) is 0 Å². The number of carbonyl (C=O) groups is 1. The maximum absolute atomic E-state index is 10.1. The van der Waals surface area contributed by atoms with Crippen LogP contribution in [0.3, 0.4) is 0 Å². The Kier molecular flexibility index (Phi) is 12.1. The minimum absolute atomic E-state index is 0. The second-order valence-electron chi connectivity index (χ2n) is 2.51. The summed E-state index contributed by atoms with van der Waals surface area (Å²) >= 11 is 0. The molecule has 0 rings (SSSR count). The third kappa shape index (κ3) is 6.02. The molecule has 8 N–H and O–H groups in total. The predicted molar refractivity (Wildman–Crippen MR) is 42.4 cm³/mol. The van der Waals surface area contributed by atoms with E-state index in [1.165, 1.54) is 0 Å². The van der Waals surface area contributed by atoms with Gasteiger partial charge in [-0.3, -0.25) is 0 Å². The van der Waals surface area contributed by atoms with Crippen molar-refractivity contribution >= 4 is 5.97 Å². The van der Waals surface area contributed by atoms with Gasteiger partial charge in [-0.2, -0.15) is 0 Å². The molecule has 0 fully saturated rings. The van der Waals surface area contributed by atoms with Crippen molar-refractivity contribution in [3.8, 4) is 0 Å². The van der Waals surface area contributed by atoms with Crippen LogP contribution in [0.5, 0.6) is 0 Å². The number of aliphatic hydroxyl groups is 5. The molecule has 0 aliphatic heterocycles. The quantitative estimate of drug-likeness (QED) is 0.274. The van der Waals surface area contributed by atoms with Crippen LogP contribution in [0, 0.1) is 0 Å². The molecule has 9 heteroatoms. The number of aliphatic hydroxyl groups excluding tert-OH is 5. The number of carboxylic acid groups (broad SMARTS) is 1. The normalized spacial score (nSPS) is 17.7. The number of hydrogen-bond donors (Lipinski definition) is 6. The van der Waals surface area contributed by atoms with Gasteiger partial charge in [0, 0.05) is 17.1 Å². The summed E-state index contributed by atoms with van der Waals surface area (Å²) in [5.74, 6) is -1.73. The van der Waals surface area contributed by atoms with E-state index in [0.717, 1.165) is 0 Å². The van der Waals surface area contributed by atoms with Crippen LogP contribution < -0.4 is 0 Å². The van der Waals surface area contributed by atoms with Gasteiger partial charge in [-0.05, 0) is 0 Å². The molecular weight excluding hydrogens is 256 g/mol. The molecular formula is C6H14FeO8. The maximum Gasteiger partial charge on any atom is 0.335 e. The second kappa shape index (κ2) is 9.01. The van der Waals surface area contributed by atoms with Crippen molar-refractivity contribution < 1.29 is 58.0 Å². The van der Waals surface area contributed by atoms with E-state index in [0.29, 0.717) is 0 Å². The van der Waals surface area contributed by atoms with Gasteiger partial charge in [0.1, 0.15) is 18.3 Å². The molecule has 0 aromatic carbocycles. The van der Waals surface area contributed by atoms with Crippen LogP contribution in [0.25, 0.3) is 0 Å². The predicted octanol–water partition coefficient (Wildman–Crippen LogP) is -4.32. The topological polar surface area (TPSA) is 170 Å². The fraction of sp³-hybridized carbons (Fsp3) is 0.833. The van der Waals surface area contributed by atoms with Gasteiger partial charge < -0.3 is 36.1 Å². The smallest absolute Gasteiger partial charge is 0.335 e. The molecule has 8 nitrogen and oxygen atoms in total. The molecule has 0 aliphatic rings. The number of carboxylic acids is 1. The summed E-state index contributed by atoms with van der Waals surface area (Å²) < 4.78 is 0. The Bertz CT molecular complexity index is 177. The van der Waals surface area contributed by atoms with Crippen LogP contribution in [-0.2, 0) is 21.9 Å². The minimum Gasteiger partial charge on any atom is -0.479 e. The first kappa shape index (κ1) is 20.2. The van der Waals surface area contributed by atoms with Crippen molar-refractivity contribution in [3.05, 3.63) is 0 Å². The van der Waals surface area contributed by atoms with Gasteiger partial charge in [0.25, 0.3) is 0 Å². The summed E-state index contributed by atoms with van der Waals surface area (Å²) in [7, 11) is 0. The molecule has 0 aromatic heterocycles. The van der Waals surface area contributed by atoms with E-state index >= 15 is 0 Å². The van der Waals surface area contributed by atoms with Gasteiger partial charge in [0.05, 0.1) is 6.61 Å². The van der Waals surface area contributed by atoms with Crippen molar-refractivity contribution in [3.63, 3.8) is 0 Å². The Morgan fingerprint density at radius 2 is 1.47 bits per heavy atom. The van der Waals surface area contributed by atoms with E-state index < -0.39 is 37.0 Å². The fourth-order valence-corrected chi connectivity index (χ4v) is 0.668. The number of rotatable bonds is 5. The van der Waals surface area contributed by atoms with E-state index in [4.69, 9.17) is 30.6 Å². The molecule has 0 spiro atoms. The minimum atomic E-state index is -2.20. The van der Waals surface area contributed by atoms with E-state index in [-0.39, 0.29) is 22.5 Å². The van der Waals surface area contributed by atoms with E-state index in [9.17, 15) is 4.79 Å². The SMILES string of the molecule is O.O=C(O)C(O)C(O)C(O)C(O)CO.[Fe]. The molecule has 0 bridgehead atoms. The summed E-state index contributed by atoms with van der Waals surface area (Å²) in [6, 6.07) is 0. The first-order valence-electron chi connectivity index (χ1n) is 3.47. The van der Waals surface area contributed by atoms with Crippen LogP contribution in [-0.4, -0.2) is 73.1 Å². The molecule has 94 valence electrons. The molecule has 0 amide bonds. The van der Waals surface area contributed by atoms with Gasteiger partial charge in [-0.15, -0.1) is 0 Å². The van der Waals surface area contributed by atoms with Gasteiger partial charge in [-0.1, -0.05) is 0 Å². The van der Waals surface area contributed by atoms with Crippen molar-refractivity contribution in [2.24, 2.45) is 0 Å². The largest absolute Gasteiger partial charge is 0.479 e. The van der Waals surface area contributed by atoms with Crippen LogP contribution in [0.2, 0.25) is 0 Å². The third-order valence-electron chi connectivity index (χ3n) is 1.51. The summed E-state index contributed by atoms with van der Waals surface area (Å²) in [4.78, 5) is 10.1. The van der Waals surface area contributed by atoms with Crippen molar-refractivity contribution in [2.75, 3.05) is 6.61 Å². The Morgan fingerprint density at radius 1 is 1.07 bits per heavy atom. The van der Waals surface area contributed by atoms with E-state index in [1.54, 1.807) is 0 Å². The summed E-state index contributed by atoms with van der Waals surface area (Å²) in [6.45, 7) is -0.843. The molecule has 0 saturated carbocycles. The van der Waals surface area contributed by atoms with Gasteiger partial charge in [-0.25, -0.2) is 4.79 Å². The standard InChI is InChI=1S/C6H12O7.Fe.H2O/c7-1-2(8)3(9)4(10)5(11)6(12)13;;/h2-5,7-11H,1H2,(H,12,13);;1H2. The summed E-state index contributed by atoms with van der Waals surface area (Å²) in [5, 5.41) is 51.8. The van der Waals surface area contributed by atoms with Gasteiger partial charge in [0.15, 0.2) is 6.10 Å². The molecule has 4 atom stereocenters. The summed E-state index contributed by atoms with van der Waals surface area (Å²) in [5.41, 5.74) is 0. The zero-order valence-electron chi connectivity index (χ0n) is 7.46. The first-order chi connectivity index (χ1) is 5.91. The van der Waals surface area contributed by atoms with Crippen molar-refractivity contribution in [1.82, 2.24) is 0 Å². The Hall–Kier alpha value is -0.251. The van der Waals surface area contributed by atoms with Crippen LogP contribution in [0.1, 0.15) is 0 Å². The van der Waals surface area contributed by atoms with Gasteiger partial charge in [0.2, 0.25) is 0 Å². The maximum atomic E-state index is 10.1. The van der Waals surface area contributed by atoms with Crippen LogP contribution >= 0.6 is 0 Å². The Balaban J connectivity index is -0.000000720. The zero-order chi connectivity index (χ0) is 10.6. The first-order valence-corrected chi connectivity index (χ1v) is 3.47. The third-order valence-corrected chi connectivity index (χ3v) is 1.51. The average molecular weight is 270 g/mol. The molecule has 4 unspecified atom stereocenters. The Morgan fingerprint density at radius 3 is 1.73 bits per heavy atom. The average Bonchev–Trinajstić information content (AvgIpc) is 2.12. The molecule has 15 heavy (non-hydrogen) atoms.